The Bertz CT molecular complexity index is 845. The minimum atomic E-state index is 0.615. The highest BCUT2D eigenvalue weighted by molar-refractivity contribution is 7.80. The molecule has 0 aliphatic rings. The molecule has 1 heterocycles. The molecule has 24 heavy (non-hydrogen) atoms. The highest BCUT2D eigenvalue weighted by atomic mass is 32.1. The Kier molecular flexibility index (Phi) is 5.39. The molecular formula is C20H21N3S. The number of benzene rings is 2. The summed E-state index contributed by atoms with van der Waals surface area (Å²) < 4.78 is 0. The molecule has 0 unspecified atom stereocenters. The largest absolute Gasteiger partial charge is 0.362 e. The summed E-state index contributed by atoms with van der Waals surface area (Å²) in [7, 11) is 0. The van der Waals surface area contributed by atoms with Gasteiger partial charge >= 0.3 is 0 Å². The Balaban J connectivity index is 1.54. The number of nitrogens with zero attached hydrogens (tertiary/aromatic N) is 1. The fourth-order valence-electron chi connectivity index (χ4n) is 2.70. The molecule has 0 fully saturated rings. The highest BCUT2D eigenvalue weighted by Crippen LogP contribution is 2.16. The molecule has 3 rings (SSSR count). The van der Waals surface area contributed by atoms with Crippen molar-refractivity contribution >= 4 is 33.9 Å². The van der Waals surface area contributed by atoms with Crippen LogP contribution >= 0.6 is 12.2 Å². The lowest BCUT2D eigenvalue weighted by atomic mass is 10.1. The first kappa shape index (κ1) is 16.4. The minimum absolute atomic E-state index is 0.615. The second-order valence-corrected chi connectivity index (χ2v) is 6.09. The Morgan fingerprint density at radius 2 is 1.88 bits per heavy atom. The van der Waals surface area contributed by atoms with Gasteiger partial charge in [-0.25, -0.2) is 4.98 Å². The van der Waals surface area contributed by atoms with Crippen LogP contribution in [-0.4, -0.2) is 16.6 Å². The van der Waals surface area contributed by atoms with Crippen LogP contribution in [0.25, 0.3) is 10.8 Å². The number of rotatable bonds is 5. The van der Waals surface area contributed by atoms with Gasteiger partial charge in [-0.3, -0.25) is 0 Å². The van der Waals surface area contributed by atoms with Crippen LogP contribution in [0, 0.1) is 0 Å². The summed E-state index contributed by atoms with van der Waals surface area (Å²) in [6.45, 7) is 2.90. The third kappa shape index (κ3) is 4.09. The molecule has 0 saturated carbocycles. The summed E-state index contributed by atoms with van der Waals surface area (Å²) in [5.41, 5.74) is 2.47. The van der Waals surface area contributed by atoms with Gasteiger partial charge in [0.05, 0.1) is 0 Å². The van der Waals surface area contributed by atoms with E-state index in [2.05, 4.69) is 71.1 Å². The highest BCUT2D eigenvalue weighted by Gasteiger charge is 2.03. The van der Waals surface area contributed by atoms with Crippen molar-refractivity contribution in [2.75, 3.05) is 11.9 Å². The number of aromatic nitrogens is 1. The van der Waals surface area contributed by atoms with Gasteiger partial charge in [-0.15, -0.1) is 0 Å². The monoisotopic (exact) mass is 335 g/mol. The summed E-state index contributed by atoms with van der Waals surface area (Å²) in [5, 5.41) is 9.61. The average Bonchev–Trinajstić information content (AvgIpc) is 2.62. The summed E-state index contributed by atoms with van der Waals surface area (Å²) in [6.07, 6.45) is 3.63. The summed E-state index contributed by atoms with van der Waals surface area (Å²) in [5.74, 6) is 0.836. The maximum Gasteiger partial charge on any atom is 0.171 e. The first-order chi connectivity index (χ1) is 11.8. The van der Waals surface area contributed by atoms with E-state index in [0.29, 0.717) is 5.11 Å². The minimum Gasteiger partial charge on any atom is -0.362 e. The zero-order chi connectivity index (χ0) is 16.8. The van der Waals surface area contributed by atoms with Gasteiger partial charge in [0.25, 0.3) is 0 Å². The third-order valence-corrected chi connectivity index (χ3v) is 4.26. The standard InChI is InChI=1S/C20H21N3S/c1-2-16-8-5-12-21-19(16)23-20(24)22-13-11-15-9-10-17-6-3-4-7-18(17)14-15/h3-10,12,14H,2,11,13H2,1H3,(H2,21,22,23,24). The van der Waals surface area contributed by atoms with Crippen LogP contribution in [-0.2, 0) is 12.8 Å². The molecule has 0 bridgehead atoms. The number of anilines is 1. The van der Waals surface area contributed by atoms with Crippen molar-refractivity contribution in [2.24, 2.45) is 0 Å². The van der Waals surface area contributed by atoms with Crippen LogP contribution in [0.15, 0.2) is 60.8 Å². The normalized spacial score (nSPS) is 10.5. The lowest BCUT2D eigenvalue weighted by Gasteiger charge is -2.12. The molecule has 0 aliphatic heterocycles. The second-order valence-electron chi connectivity index (χ2n) is 5.68. The fraction of sp³-hybridized carbons (Fsp3) is 0.200. The van der Waals surface area contributed by atoms with Crippen molar-refractivity contribution in [1.29, 1.82) is 0 Å². The summed E-state index contributed by atoms with van der Waals surface area (Å²) in [6, 6.07) is 19.0. The predicted octanol–water partition coefficient (Wildman–Crippen LogP) is 4.33. The van der Waals surface area contributed by atoms with E-state index in [4.69, 9.17) is 12.2 Å². The lowest BCUT2D eigenvalue weighted by Crippen LogP contribution is -2.30. The Hall–Kier alpha value is -2.46. The number of thiocarbonyl (C=S) groups is 1. The van der Waals surface area contributed by atoms with Gasteiger partial charge in [-0.1, -0.05) is 55.5 Å². The van der Waals surface area contributed by atoms with Gasteiger partial charge in [0.15, 0.2) is 5.11 Å². The molecule has 0 amide bonds. The van der Waals surface area contributed by atoms with Crippen molar-refractivity contribution in [2.45, 2.75) is 19.8 Å². The third-order valence-electron chi connectivity index (χ3n) is 4.02. The van der Waals surface area contributed by atoms with Crippen LogP contribution in [0.4, 0.5) is 5.82 Å². The predicted molar refractivity (Wildman–Crippen MR) is 105 cm³/mol. The first-order valence-electron chi connectivity index (χ1n) is 8.22. The summed E-state index contributed by atoms with van der Waals surface area (Å²) >= 11 is 5.37. The lowest BCUT2D eigenvalue weighted by molar-refractivity contribution is 0.873. The molecule has 0 radical (unpaired) electrons. The van der Waals surface area contributed by atoms with Crippen molar-refractivity contribution in [3.05, 3.63) is 71.9 Å². The van der Waals surface area contributed by atoms with Crippen molar-refractivity contribution in [3.63, 3.8) is 0 Å². The maximum absolute atomic E-state index is 5.37. The number of fused-ring (bicyclic) bond motifs is 1. The van der Waals surface area contributed by atoms with E-state index in [1.54, 1.807) is 6.20 Å². The molecule has 1 aromatic heterocycles. The van der Waals surface area contributed by atoms with E-state index in [1.807, 2.05) is 6.07 Å². The molecule has 4 heteroatoms. The quantitative estimate of drug-likeness (QED) is 0.681. The fourth-order valence-corrected chi connectivity index (χ4v) is 2.90. The van der Waals surface area contributed by atoms with Gasteiger partial charge in [-0.2, -0.15) is 0 Å². The molecule has 0 atom stereocenters. The van der Waals surface area contributed by atoms with Crippen LogP contribution in [0.2, 0.25) is 0 Å². The van der Waals surface area contributed by atoms with Crippen LogP contribution in [0.3, 0.4) is 0 Å². The molecular weight excluding hydrogens is 314 g/mol. The SMILES string of the molecule is CCc1cccnc1NC(=S)NCCc1ccc2ccccc2c1. The van der Waals surface area contributed by atoms with E-state index in [9.17, 15) is 0 Å². The molecule has 0 aliphatic carbocycles. The summed E-state index contributed by atoms with van der Waals surface area (Å²) in [4.78, 5) is 4.35. The number of nitrogens with one attached hydrogen (secondary N) is 2. The molecule has 3 nitrogen and oxygen atoms in total. The van der Waals surface area contributed by atoms with Crippen LogP contribution in [0.5, 0.6) is 0 Å². The zero-order valence-corrected chi connectivity index (χ0v) is 14.6. The second kappa shape index (κ2) is 7.88. The van der Waals surface area contributed by atoms with Gasteiger partial charge in [0.1, 0.15) is 5.82 Å². The van der Waals surface area contributed by atoms with Crippen molar-refractivity contribution in [1.82, 2.24) is 10.3 Å². The molecule has 122 valence electrons. The number of aryl methyl sites for hydroxylation is 1. The Morgan fingerprint density at radius 3 is 2.71 bits per heavy atom. The van der Waals surface area contributed by atoms with Crippen molar-refractivity contribution in [3.8, 4) is 0 Å². The van der Waals surface area contributed by atoms with E-state index >= 15 is 0 Å². The molecule has 3 aromatic rings. The van der Waals surface area contributed by atoms with E-state index < -0.39 is 0 Å². The van der Waals surface area contributed by atoms with Gasteiger partial charge in [-0.05, 0) is 53.0 Å². The Morgan fingerprint density at radius 1 is 1.04 bits per heavy atom. The average molecular weight is 335 g/mol. The van der Waals surface area contributed by atoms with Gasteiger partial charge in [0.2, 0.25) is 0 Å². The van der Waals surface area contributed by atoms with Crippen molar-refractivity contribution < 1.29 is 0 Å². The molecule has 2 N–H and O–H groups in total. The Labute approximate surface area is 148 Å². The van der Waals surface area contributed by atoms with Gasteiger partial charge in [0, 0.05) is 12.7 Å². The number of hydrogen-bond acceptors (Lipinski definition) is 2. The van der Waals surface area contributed by atoms with Gasteiger partial charge < -0.3 is 10.6 Å². The van der Waals surface area contributed by atoms with E-state index in [1.165, 1.54) is 16.3 Å². The van der Waals surface area contributed by atoms with E-state index in [0.717, 1.165) is 30.8 Å². The molecule has 0 saturated heterocycles. The van der Waals surface area contributed by atoms with Crippen LogP contribution < -0.4 is 10.6 Å². The van der Waals surface area contributed by atoms with E-state index in [-0.39, 0.29) is 0 Å². The number of hydrogen-bond donors (Lipinski definition) is 2. The maximum atomic E-state index is 5.37. The number of pyridine rings is 1. The molecule has 2 aromatic carbocycles. The van der Waals surface area contributed by atoms with Crippen LogP contribution in [0.1, 0.15) is 18.1 Å². The molecule has 0 spiro atoms. The smallest absolute Gasteiger partial charge is 0.171 e. The topological polar surface area (TPSA) is 37.0 Å². The zero-order valence-electron chi connectivity index (χ0n) is 13.8. The first-order valence-corrected chi connectivity index (χ1v) is 8.63.